The summed E-state index contributed by atoms with van der Waals surface area (Å²) in [4.78, 5) is 0. The van der Waals surface area contributed by atoms with Crippen molar-refractivity contribution in [1.82, 2.24) is 5.32 Å². The molecule has 1 N–H and O–H groups in total. The molecule has 0 fully saturated rings. The van der Waals surface area contributed by atoms with E-state index >= 15 is 0 Å². The van der Waals surface area contributed by atoms with E-state index in [1.165, 1.54) is 0 Å². The molecular formula is C15H25NO2. The number of hydrogen-bond acceptors (Lipinski definition) is 3. The van der Waals surface area contributed by atoms with Crippen LogP contribution in [0.15, 0.2) is 30.3 Å². The first-order valence-corrected chi connectivity index (χ1v) is 6.62. The number of rotatable bonds is 9. The zero-order chi connectivity index (χ0) is 13.2. The third-order valence-corrected chi connectivity index (χ3v) is 3.28. The van der Waals surface area contributed by atoms with Gasteiger partial charge in [0.2, 0.25) is 0 Å². The number of nitrogens with one attached hydrogen (secondary N) is 1. The Balaban J connectivity index is 2.26. The van der Waals surface area contributed by atoms with Gasteiger partial charge in [-0.25, -0.2) is 0 Å². The van der Waals surface area contributed by atoms with Gasteiger partial charge in [-0.1, -0.05) is 25.1 Å². The molecule has 0 radical (unpaired) electrons. The van der Waals surface area contributed by atoms with Gasteiger partial charge >= 0.3 is 0 Å². The molecule has 0 aliphatic rings. The molecule has 3 heteroatoms. The van der Waals surface area contributed by atoms with E-state index in [1.807, 2.05) is 37.4 Å². The summed E-state index contributed by atoms with van der Waals surface area (Å²) in [5.74, 6) is 1.53. The first-order valence-electron chi connectivity index (χ1n) is 6.62. The van der Waals surface area contributed by atoms with Gasteiger partial charge in [0.05, 0.1) is 6.61 Å². The molecule has 0 aliphatic carbocycles. The maximum Gasteiger partial charge on any atom is 0.119 e. The van der Waals surface area contributed by atoms with Crippen LogP contribution < -0.4 is 10.1 Å². The molecule has 0 aliphatic heterocycles. The summed E-state index contributed by atoms with van der Waals surface area (Å²) in [6, 6.07) is 10.4. The Morgan fingerprint density at radius 1 is 1.11 bits per heavy atom. The Labute approximate surface area is 110 Å². The van der Waals surface area contributed by atoms with Crippen molar-refractivity contribution in [3.05, 3.63) is 30.3 Å². The van der Waals surface area contributed by atoms with Gasteiger partial charge in [-0.15, -0.1) is 0 Å². The number of ether oxygens (including phenoxy) is 2. The van der Waals surface area contributed by atoms with Gasteiger partial charge in [0.15, 0.2) is 0 Å². The highest BCUT2D eigenvalue weighted by Crippen LogP contribution is 2.13. The molecule has 3 nitrogen and oxygen atoms in total. The molecule has 2 atom stereocenters. The maximum atomic E-state index is 5.72. The SMILES string of the molecule is CNC(CCOc1ccccc1)C(C)CCOC. The molecule has 0 bridgehead atoms. The van der Waals surface area contributed by atoms with Crippen LogP contribution in [-0.2, 0) is 4.74 Å². The molecule has 2 unspecified atom stereocenters. The van der Waals surface area contributed by atoms with E-state index in [9.17, 15) is 0 Å². The minimum Gasteiger partial charge on any atom is -0.494 e. The van der Waals surface area contributed by atoms with Gasteiger partial charge in [-0.3, -0.25) is 0 Å². The monoisotopic (exact) mass is 251 g/mol. The van der Waals surface area contributed by atoms with Crippen LogP contribution in [0.2, 0.25) is 0 Å². The second-order valence-corrected chi connectivity index (χ2v) is 4.60. The Kier molecular flexibility index (Phi) is 7.46. The largest absolute Gasteiger partial charge is 0.494 e. The maximum absolute atomic E-state index is 5.72. The molecule has 1 rings (SSSR count). The van der Waals surface area contributed by atoms with E-state index < -0.39 is 0 Å². The first-order chi connectivity index (χ1) is 8.77. The van der Waals surface area contributed by atoms with Crippen molar-refractivity contribution in [2.24, 2.45) is 5.92 Å². The van der Waals surface area contributed by atoms with Gasteiger partial charge in [0.1, 0.15) is 5.75 Å². The average molecular weight is 251 g/mol. The van der Waals surface area contributed by atoms with Crippen molar-refractivity contribution in [1.29, 1.82) is 0 Å². The summed E-state index contributed by atoms with van der Waals surface area (Å²) in [7, 11) is 3.76. The minimum atomic E-state index is 0.476. The third-order valence-electron chi connectivity index (χ3n) is 3.28. The Hall–Kier alpha value is -1.06. The highest BCUT2D eigenvalue weighted by Gasteiger charge is 2.14. The highest BCUT2D eigenvalue weighted by atomic mass is 16.5. The summed E-state index contributed by atoms with van der Waals surface area (Å²) < 4.78 is 10.8. The van der Waals surface area contributed by atoms with E-state index in [4.69, 9.17) is 9.47 Å². The van der Waals surface area contributed by atoms with Crippen LogP contribution in [0.25, 0.3) is 0 Å². The fourth-order valence-electron chi connectivity index (χ4n) is 2.04. The van der Waals surface area contributed by atoms with E-state index in [0.717, 1.165) is 31.8 Å². The van der Waals surface area contributed by atoms with Crippen molar-refractivity contribution in [2.45, 2.75) is 25.8 Å². The van der Waals surface area contributed by atoms with Crippen LogP contribution in [0, 0.1) is 5.92 Å². The molecule has 0 amide bonds. The topological polar surface area (TPSA) is 30.5 Å². The molecule has 1 aromatic carbocycles. The molecule has 18 heavy (non-hydrogen) atoms. The second-order valence-electron chi connectivity index (χ2n) is 4.60. The fourth-order valence-corrected chi connectivity index (χ4v) is 2.04. The summed E-state index contributed by atoms with van der Waals surface area (Å²) in [5, 5.41) is 3.36. The molecule has 0 saturated heterocycles. The van der Waals surface area contributed by atoms with Gasteiger partial charge in [-0.05, 0) is 37.9 Å². The van der Waals surface area contributed by atoms with Crippen LogP contribution in [0.5, 0.6) is 5.75 Å². The van der Waals surface area contributed by atoms with Crippen molar-refractivity contribution in [3.8, 4) is 5.75 Å². The zero-order valence-electron chi connectivity index (χ0n) is 11.7. The Bertz CT molecular complexity index is 303. The Morgan fingerprint density at radius 2 is 1.83 bits per heavy atom. The third kappa shape index (κ3) is 5.52. The fraction of sp³-hybridized carbons (Fsp3) is 0.600. The van der Waals surface area contributed by atoms with Gasteiger partial charge < -0.3 is 14.8 Å². The predicted molar refractivity (Wildman–Crippen MR) is 75.1 cm³/mol. The van der Waals surface area contributed by atoms with Crippen LogP contribution >= 0.6 is 0 Å². The number of methoxy groups -OCH3 is 1. The molecule has 0 spiro atoms. The van der Waals surface area contributed by atoms with E-state index in [2.05, 4.69) is 12.2 Å². The highest BCUT2D eigenvalue weighted by molar-refractivity contribution is 5.20. The lowest BCUT2D eigenvalue weighted by Gasteiger charge is -2.23. The van der Waals surface area contributed by atoms with Crippen LogP contribution in [0.3, 0.4) is 0 Å². The lowest BCUT2D eigenvalue weighted by Crippen LogP contribution is -2.34. The molecule has 1 aromatic rings. The normalized spacial score (nSPS) is 14.2. The Morgan fingerprint density at radius 3 is 2.44 bits per heavy atom. The quantitative estimate of drug-likeness (QED) is 0.732. The van der Waals surface area contributed by atoms with Crippen molar-refractivity contribution in [3.63, 3.8) is 0 Å². The predicted octanol–water partition coefficient (Wildman–Crippen LogP) is 2.72. The van der Waals surface area contributed by atoms with Crippen molar-refractivity contribution < 1.29 is 9.47 Å². The number of hydrogen-bond donors (Lipinski definition) is 1. The lowest BCUT2D eigenvalue weighted by molar-refractivity contribution is 0.165. The number of benzene rings is 1. The summed E-state index contributed by atoms with van der Waals surface area (Å²) in [6.07, 6.45) is 2.09. The second kappa shape index (κ2) is 8.95. The standard InChI is InChI=1S/C15H25NO2/c1-13(9-11-17-3)15(16-2)10-12-18-14-7-5-4-6-8-14/h4-8,13,15-16H,9-12H2,1-3H3. The minimum absolute atomic E-state index is 0.476. The van der Waals surface area contributed by atoms with Gasteiger partial charge in [0, 0.05) is 19.8 Å². The first kappa shape index (κ1) is 15.0. The molecule has 0 aromatic heterocycles. The van der Waals surface area contributed by atoms with Crippen LogP contribution in [-0.4, -0.2) is 33.4 Å². The zero-order valence-corrected chi connectivity index (χ0v) is 11.7. The van der Waals surface area contributed by atoms with E-state index in [0.29, 0.717) is 12.0 Å². The van der Waals surface area contributed by atoms with Gasteiger partial charge in [0.25, 0.3) is 0 Å². The molecule has 0 heterocycles. The summed E-state index contributed by atoms with van der Waals surface area (Å²) in [6.45, 7) is 3.81. The summed E-state index contributed by atoms with van der Waals surface area (Å²) in [5.41, 5.74) is 0. The van der Waals surface area contributed by atoms with E-state index in [-0.39, 0.29) is 0 Å². The van der Waals surface area contributed by atoms with Crippen molar-refractivity contribution in [2.75, 3.05) is 27.4 Å². The van der Waals surface area contributed by atoms with Crippen LogP contribution in [0.1, 0.15) is 19.8 Å². The van der Waals surface area contributed by atoms with Crippen molar-refractivity contribution >= 4 is 0 Å². The molecule has 102 valence electrons. The van der Waals surface area contributed by atoms with E-state index in [1.54, 1.807) is 7.11 Å². The number of para-hydroxylation sites is 1. The molecular weight excluding hydrogens is 226 g/mol. The summed E-state index contributed by atoms with van der Waals surface area (Å²) >= 11 is 0. The lowest BCUT2D eigenvalue weighted by atomic mass is 9.96. The smallest absolute Gasteiger partial charge is 0.119 e. The molecule has 0 saturated carbocycles. The average Bonchev–Trinajstić information content (AvgIpc) is 2.42. The van der Waals surface area contributed by atoms with Gasteiger partial charge in [-0.2, -0.15) is 0 Å². The van der Waals surface area contributed by atoms with Crippen LogP contribution in [0.4, 0.5) is 0 Å².